The normalized spacial score (nSPS) is 34.8. The molecule has 0 aliphatic carbocycles. The predicted octanol–water partition coefficient (Wildman–Crippen LogP) is 1.73. The Morgan fingerprint density at radius 2 is 2.20 bits per heavy atom. The molecule has 1 nitrogen and oxygen atoms in total. The second-order valence-electron chi connectivity index (χ2n) is 3.47. The number of hydrogen-bond acceptors (Lipinski definition) is 1. The maximum Gasteiger partial charge on any atom is 0.125 e. The smallest absolute Gasteiger partial charge is 0.125 e. The minimum absolute atomic E-state index is 0.153. The maximum atomic E-state index is 13.6. The van der Waals surface area contributed by atoms with E-state index in [1.54, 1.807) is 0 Å². The lowest BCUT2D eigenvalue weighted by atomic mass is 9.85. The fourth-order valence-corrected chi connectivity index (χ4v) is 1.38. The predicted molar refractivity (Wildman–Crippen MR) is 40.8 cm³/mol. The summed E-state index contributed by atoms with van der Waals surface area (Å²) in [5, 5.41) is 3.08. The largest absolute Gasteiger partial charge is 0.314 e. The molecule has 0 amide bonds. The summed E-state index contributed by atoms with van der Waals surface area (Å²) < 4.78 is 13.6. The van der Waals surface area contributed by atoms with Crippen molar-refractivity contribution in [2.45, 2.75) is 32.4 Å². The number of halogens is 1. The van der Waals surface area contributed by atoms with Crippen LogP contribution in [0.1, 0.15) is 26.7 Å². The van der Waals surface area contributed by atoms with Crippen molar-refractivity contribution in [3.8, 4) is 0 Å². The Morgan fingerprint density at radius 1 is 1.50 bits per heavy atom. The minimum atomic E-state index is -0.932. The summed E-state index contributed by atoms with van der Waals surface area (Å²) in [5.41, 5.74) is -0.932. The SMILES string of the molecule is CC(C)C1(F)CCCNC1. The molecule has 0 aromatic carbocycles. The highest BCUT2D eigenvalue weighted by Gasteiger charge is 2.34. The molecule has 60 valence electrons. The Hall–Kier alpha value is -0.110. The van der Waals surface area contributed by atoms with Gasteiger partial charge in [-0.25, -0.2) is 4.39 Å². The first kappa shape index (κ1) is 7.99. The molecule has 1 rings (SSSR count). The van der Waals surface area contributed by atoms with E-state index in [0.717, 1.165) is 19.4 Å². The molecule has 1 aliphatic heterocycles. The van der Waals surface area contributed by atoms with Gasteiger partial charge >= 0.3 is 0 Å². The molecule has 1 aliphatic rings. The summed E-state index contributed by atoms with van der Waals surface area (Å²) >= 11 is 0. The molecule has 10 heavy (non-hydrogen) atoms. The van der Waals surface area contributed by atoms with Gasteiger partial charge in [0.1, 0.15) is 5.67 Å². The van der Waals surface area contributed by atoms with Crippen molar-refractivity contribution < 1.29 is 4.39 Å². The molecular weight excluding hydrogens is 129 g/mol. The number of rotatable bonds is 1. The van der Waals surface area contributed by atoms with Crippen LogP contribution in [-0.4, -0.2) is 18.8 Å². The van der Waals surface area contributed by atoms with Gasteiger partial charge in [0.05, 0.1) is 0 Å². The monoisotopic (exact) mass is 145 g/mol. The lowest BCUT2D eigenvalue weighted by Gasteiger charge is -2.33. The van der Waals surface area contributed by atoms with Crippen molar-refractivity contribution in [2.24, 2.45) is 5.92 Å². The molecule has 1 atom stereocenters. The van der Waals surface area contributed by atoms with E-state index in [1.165, 1.54) is 0 Å². The van der Waals surface area contributed by atoms with E-state index in [4.69, 9.17) is 0 Å². The second-order valence-corrected chi connectivity index (χ2v) is 3.47. The molecule has 0 radical (unpaired) electrons. The van der Waals surface area contributed by atoms with Gasteiger partial charge in [-0.05, 0) is 25.3 Å². The minimum Gasteiger partial charge on any atom is -0.314 e. The lowest BCUT2D eigenvalue weighted by Crippen LogP contribution is -2.45. The molecule has 0 aromatic rings. The number of nitrogens with one attached hydrogen (secondary N) is 1. The molecule has 1 unspecified atom stereocenters. The van der Waals surface area contributed by atoms with Crippen molar-refractivity contribution in [1.82, 2.24) is 5.32 Å². The van der Waals surface area contributed by atoms with Gasteiger partial charge in [-0.1, -0.05) is 13.8 Å². The van der Waals surface area contributed by atoms with Gasteiger partial charge in [0, 0.05) is 6.54 Å². The first-order chi connectivity index (χ1) is 4.65. The highest BCUT2D eigenvalue weighted by atomic mass is 19.1. The van der Waals surface area contributed by atoms with E-state index in [0.29, 0.717) is 6.54 Å². The fourth-order valence-electron chi connectivity index (χ4n) is 1.38. The van der Waals surface area contributed by atoms with E-state index < -0.39 is 5.67 Å². The van der Waals surface area contributed by atoms with Gasteiger partial charge in [-0.15, -0.1) is 0 Å². The van der Waals surface area contributed by atoms with Gasteiger partial charge in [0.2, 0.25) is 0 Å². The Balaban J connectivity index is 2.48. The average Bonchev–Trinajstić information content (AvgIpc) is 1.89. The average molecular weight is 145 g/mol. The molecular formula is C8H16FN. The first-order valence-corrected chi connectivity index (χ1v) is 4.05. The van der Waals surface area contributed by atoms with Crippen LogP contribution in [0.2, 0.25) is 0 Å². The van der Waals surface area contributed by atoms with E-state index in [-0.39, 0.29) is 5.92 Å². The highest BCUT2D eigenvalue weighted by molar-refractivity contribution is 4.88. The molecule has 0 aromatic heterocycles. The highest BCUT2D eigenvalue weighted by Crippen LogP contribution is 2.28. The fraction of sp³-hybridized carbons (Fsp3) is 1.00. The third-order valence-electron chi connectivity index (χ3n) is 2.40. The van der Waals surface area contributed by atoms with Crippen LogP contribution in [0, 0.1) is 5.92 Å². The van der Waals surface area contributed by atoms with Crippen LogP contribution in [-0.2, 0) is 0 Å². The molecule has 0 spiro atoms. The number of piperidine rings is 1. The summed E-state index contributed by atoms with van der Waals surface area (Å²) in [6.07, 6.45) is 1.71. The molecule has 2 heteroatoms. The Labute approximate surface area is 62.0 Å². The second kappa shape index (κ2) is 2.87. The first-order valence-electron chi connectivity index (χ1n) is 4.05. The summed E-state index contributed by atoms with van der Waals surface area (Å²) in [6, 6.07) is 0. The quantitative estimate of drug-likeness (QED) is 0.592. The number of alkyl halides is 1. The van der Waals surface area contributed by atoms with Gasteiger partial charge in [0.15, 0.2) is 0 Å². The zero-order valence-corrected chi connectivity index (χ0v) is 6.78. The Kier molecular flexibility index (Phi) is 2.29. The van der Waals surface area contributed by atoms with Crippen molar-refractivity contribution >= 4 is 0 Å². The maximum absolute atomic E-state index is 13.6. The van der Waals surface area contributed by atoms with Gasteiger partial charge < -0.3 is 5.32 Å². The molecule has 1 heterocycles. The summed E-state index contributed by atoms with van der Waals surface area (Å²) in [5.74, 6) is 0.153. The molecule has 0 bridgehead atoms. The van der Waals surface area contributed by atoms with E-state index in [2.05, 4.69) is 5.32 Å². The summed E-state index contributed by atoms with van der Waals surface area (Å²) in [6.45, 7) is 5.43. The van der Waals surface area contributed by atoms with E-state index in [1.807, 2.05) is 13.8 Å². The van der Waals surface area contributed by atoms with Gasteiger partial charge in [0.25, 0.3) is 0 Å². The zero-order valence-electron chi connectivity index (χ0n) is 6.78. The topological polar surface area (TPSA) is 12.0 Å². The lowest BCUT2D eigenvalue weighted by molar-refractivity contribution is 0.0690. The van der Waals surface area contributed by atoms with Crippen LogP contribution in [0.15, 0.2) is 0 Å². The Bertz CT molecular complexity index is 106. The van der Waals surface area contributed by atoms with Crippen LogP contribution in [0.3, 0.4) is 0 Å². The van der Waals surface area contributed by atoms with Gasteiger partial charge in [-0.3, -0.25) is 0 Å². The summed E-state index contributed by atoms with van der Waals surface area (Å²) in [4.78, 5) is 0. The van der Waals surface area contributed by atoms with Crippen molar-refractivity contribution in [1.29, 1.82) is 0 Å². The molecule has 0 saturated carbocycles. The van der Waals surface area contributed by atoms with Crippen LogP contribution in [0.5, 0.6) is 0 Å². The third-order valence-corrected chi connectivity index (χ3v) is 2.40. The van der Waals surface area contributed by atoms with Gasteiger partial charge in [-0.2, -0.15) is 0 Å². The van der Waals surface area contributed by atoms with E-state index >= 15 is 0 Å². The zero-order chi connectivity index (χ0) is 7.61. The van der Waals surface area contributed by atoms with Crippen molar-refractivity contribution in [3.63, 3.8) is 0 Å². The van der Waals surface area contributed by atoms with Crippen LogP contribution in [0.4, 0.5) is 4.39 Å². The third kappa shape index (κ3) is 1.48. The number of hydrogen-bond donors (Lipinski definition) is 1. The Morgan fingerprint density at radius 3 is 2.50 bits per heavy atom. The summed E-state index contributed by atoms with van der Waals surface area (Å²) in [7, 11) is 0. The van der Waals surface area contributed by atoms with E-state index in [9.17, 15) is 4.39 Å². The van der Waals surface area contributed by atoms with Crippen LogP contribution in [0.25, 0.3) is 0 Å². The van der Waals surface area contributed by atoms with Crippen LogP contribution >= 0.6 is 0 Å². The molecule has 1 saturated heterocycles. The molecule has 1 fully saturated rings. The van der Waals surface area contributed by atoms with Crippen molar-refractivity contribution in [3.05, 3.63) is 0 Å². The molecule has 1 N–H and O–H groups in total. The standard InChI is InChI=1S/C8H16FN/c1-7(2)8(9)4-3-5-10-6-8/h7,10H,3-6H2,1-2H3. The van der Waals surface area contributed by atoms with Crippen LogP contribution < -0.4 is 5.32 Å². The van der Waals surface area contributed by atoms with Crippen molar-refractivity contribution in [2.75, 3.05) is 13.1 Å².